The molecule has 6 atom stereocenters. The number of nitrogens with zero attached hydrogens (tertiary/aromatic N) is 5. The smallest absolute Gasteiger partial charge is 0.161 e. The van der Waals surface area contributed by atoms with Crippen molar-refractivity contribution < 1.29 is 14.4 Å². The van der Waals surface area contributed by atoms with Crippen molar-refractivity contribution in [3.8, 4) is 0 Å². The van der Waals surface area contributed by atoms with Gasteiger partial charge in [-0.05, 0) is 214 Å². The molecular weight excluding hydrogens is 771 g/mol. The summed E-state index contributed by atoms with van der Waals surface area (Å²) in [6.45, 7) is 12.4. The number of hydrogen-bond acceptors (Lipinski definition) is 8. The van der Waals surface area contributed by atoms with E-state index in [1.54, 1.807) is 0 Å². The zero-order valence-electron chi connectivity index (χ0n) is 37.1. The van der Waals surface area contributed by atoms with Gasteiger partial charge in [0.1, 0.15) is 16.6 Å². The lowest BCUT2D eigenvalue weighted by molar-refractivity contribution is -0.120. The van der Waals surface area contributed by atoms with Crippen molar-refractivity contribution >= 4 is 61.8 Å². The molecule has 3 saturated carbocycles. The minimum atomic E-state index is 0.198. The van der Waals surface area contributed by atoms with E-state index >= 15 is 0 Å². The molecule has 2 aromatic heterocycles. The van der Waals surface area contributed by atoms with E-state index < -0.39 is 0 Å². The molecular formula is C52H55N7O3. The van der Waals surface area contributed by atoms with Gasteiger partial charge in [0, 0.05) is 46.7 Å². The van der Waals surface area contributed by atoms with Crippen molar-refractivity contribution in [3.63, 3.8) is 0 Å². The van der Waals surface area contributed by atoms with Crippen molar-refractivity contribution in [3.05, 3.63) is 91.1 Å². The maximum atomic E-state index is 12.6. The summed E-state index contributed by atoms with van der Waals surface area (Å²) in [6.07, 6.45) is 12.8. The Labute approximate surface area is 361 Å². The minimum absolute atomic E-state index is 0.198. The molecule has 62 heavy (non-hydrogen) atoms. The van der Waals surface area contributed by atoms with E-state index in [4.69, 9.17) is 5.73 Å². The average molecular weight is 826 g/mol. The molecule has 10 heteroatoms. The number of aromatic nitrogens is 6. The number of nitrogens with two attached hydrogens (primary N) is 1. The number of aromatic amines is 1. The van der Waals surface area contributed by atoms with Crippen LogP contribution in [0.4, 0.5) is 5.69 Å². The largest absolute Gasteiger partial charge is 0.398 e. The van der Waals surface area contributed by atoms with E-state index in [9.17, 15) is 14.4 Å². The Morgan fingerprint density at radius 2 is 1.11 bits per heavy atom. The Kier molecular flexibility index (Phi) is 7.74. The first-order valence-electron chi connectivity index (χ1n) is 23.0. The summed E-state index contributed by atoms with van der Waals surface area (Å²) in [5.74, 6) is 1.95. The standard InChI is InChI=1S/C18H19N3O.C18H21NO.C16H15N3O/c1-9-6-12-13(15-16(9)21(3)20-19-15)8-18-5-4-11(7-18)17(22)10(2)14(12)18;1-9-6-13-14(16(19)10(9)2)8-18-5-4-12(7-18)17(20)11(3)15(13)18;1-8-13-10-2-3-12-14(18-19-17-12)11(10)7-16(13)5-4-9(6-16)15(8)20/h6,11H,4-5,7-8H2,1-3H3;6,12H,4-5,7-8,19H2,1-3H3;2-3,9H,4-7H2,1H3,(H,17,18,19). The van der Waals surface area contributed by atoms with E-state index in [2.05, 4.69) is 64.7 Å². The number of rotatable bonds is 0. The molecule has 6 unspecified atom stereocenters. The van der Waals surface area contributed by atoms with E-state index in [1.165, 1.54) is 66.8 Å². The summed E-state index contributed by atoms with van der Waals surface area (Å²) in [7, 11) is 1.95. The molecule has 0 amide bonds. The number of benzene rings is 3. The predicted molar refractivity (Wildman–Crippen MR) is 241 cm³/mol. The maximum Gasteiger partial charge on any atom is 0.161 e. The first kappa shape index (κ1) is 38.2. The summed E-state index contributed by atoms with van der Waals surface area (Å²) < 4.78 is 1.87. The van der Waals surface area contributed by atoms with E-state index in [0.717, 1.165) is 122 Å². The van der Waals surface area contributed by atoms with Gasteiger partial charge in [-0.1, -0.05) is 17.3 Å². The van der Waals surface area contributed by atoms with Gasteiger partial charge in [-0.2, -0.15) is 15.4 Å². The highest BCUT2D eigenvalue weighted by atomic mass is 16.1. The van der Waals surface area contributed by atoms with Gasteiger partial charge >= 0.3 is 0 Å². The lowest BCUT2D eigenvalue weighted by atomic mass is 9.71. The molecule has 3 fully saturated rings. The molecule has 0 radical (unpaired) electrons. The van der Waals surface area contributed by atoms with Crippen LogP contribution in [0.2, 0.25) is 0 Å². The first-order valence-corrected chi connectivity index (χ1v) is 23.0. The van der Waals surface area contributed by atoms with Crippen LogP contribution in [0.1, 0.15) is 129 Å². The van der Waals surface area contributed by atoms with Crippen LogP contribution in [0.3, 0.4) is 0 Å². The number of carbonyl (C=O) groups excluding carboxylic acids is 3. The lowest BCUT2D eigenvalue weighted by Gasteiger charge is -2.31. The number of nitrogen functional groups attached to an aromatic ring is 1. The Morgan fingerprint density at radius 3 is 1.68 bits per heavy atom. The highest BCUT2D eigenvalue weighted by Crippen LogP contribution is 2.65. The quantitative estimate of drug-likeness (QED) is 0.147. The van der Waals surface area contributed by atoms with Gasteiger partial charge in [-0.15, -0.1) is 5.10 Å². The number of aryl methyl sites for hydroxylation is 3. The van der Waals surface area contributed by atoms with Crippen molar-refractivity contribution in [1.82, 2.24) is 30.4 Å². The van der Waals surface area contributed by atoms with E-state index in [-0.39, 0.29) is 34.0 Å². The molecule has 6 bridgehead atoms. The number of fused-ring (bicyclic) bond motifs is 13. The molecule has 0 aliphatic heterocycles. The fourth-order valence-corrected chi connectivity index (χ4v) is 15.1. The van der Waals surface area contributed by atoms with Crippen LogP contribution in [-0.2, 0) is 40.7 Å². The van der Waals surface area contributed by atoms with Gasteiger partial charge < -0.3 is 5.73 Å². The van der Waals surface area contributed by atoms with Crippen molar-refractivity contribution in [2.75, 3.05) is 5.73 Å². The Hall–Kier alpha value is -5.51. The predicted octanol–water partition coefficient (Wildman–Crippen LogP) is 9.22. The minimum Gasteiger partial charge on any atom is -0.398 e. The topological polar surface area (TPSA) is 150 Å². The van der Waals surface area contributed by atoms with Crippen LogP contribution in [0.5, 0.6) is 0 Å². The molecule has 316 valence electrons. The number of ketones is 3. The highest BCUT2D eigenvalue weighted by Gasteiger charge is 2.56. The second kappa shape index (κ2) is 12.6. The van der Waals surface area contributed by atoms with Gasteiger partial charge in [-0.25, -0.2) is 4.68 Å². The monoisotopic (exact) mass is 825 g/mol. The summed E-state index contributed by atoms with van der Waals surface area (Å²) in [5, 5.41) is 19.9. The molecule has 9 aliphatic carbocycles. The SMILES string of the molecule is CC1=C2c3cc(C)c(C)c(N)c3CC23CCC(C3)C1=O.CC1=C2c3cc(C)c4c(nnn4C)c3CC23CCC(C3)C1=O.CC1=C2c3ccc4n[nH]nc4c3CC23CCC(C3)C1=O. The van der Waals surface area contributed by atoms with E-state index in [0.29, 0.717) is 17.3 Å². The number of carbonyl (C=O) groups is 3. The third kappa shape index (κ3) is 4.79. The fourth-order valence-electron chi connectivity index (χ4n) is 15.1. The molecule has 9 aliphatic rings. The highest BCUT2D eigenvalue weighted by molar-refractivity contribution is 6.11. The summed E-state index contributed by atoms with van der Waals surface area (Å²) in [4.78, 5) is 37.5. The number of allylic oxidation sites excluding steroid dienone is 6. The summed E-state index contributed by atoms with van der Waals surface area (Å²) >= 11 is 0. The normalized spacial score (nSPS) is 30.4. The zero-order valence-corrected chi connectivity index (χ0v) is 37.1. The van der Waals surface area contributed by atoms with Crippen LogP contribution in [0.25, 0.3) is 38.8 Å². The third-order valence-electron chi connectivity index (χ3n) is 17.9. The Morgan fingerprint density at radius 1 is 0.629 bits per heavy atom. The second-order valence-electron chi connectivity index (χ2n) is 21.0. The summed E-state index contributed by atoms with van der Waals surface area (Å²) in [5.41, 5.74) is 30.4. The van der Waals surface area contributed by atoms with Crippen LogP contribution in [0.15, 0.2) is 41.0 Å². The number of anilines is 1. The number of Topliss-reactive ketones (excluding diaryl/α,β-unsaturated/α-hetero) is 3. The lowest BCUT2D eigenvalue weighted by Crippen LogP contribution is -2.26. The van der Waals surface area contributed by atoms with Crippen LogP contribution < -0.4 is 5.73 Å². The van der Waals surface area contributed by atoms with Gasteiger partial charge in [-0.3, -0.25) is 14.4 Å². The van der Waals surface area contributed by atoms with Crippen molar-refractivity contribution in [2.45, 2.75) is 119 Å². The van der Waals surface area contributed by atoms with Gasteiger partial charge in [0.2, 0.25) is 0 Å². The number of H-pyrrole nitrogens is 1. The van der Waals surface area contributed by atoms with Gasteiger partial charge in [0.25, 0.3) is 0 Å². The number of hydrogen-bond donors (Lipinski definition) is 2. The Balaban J connectivity index is 0.0000000993. The van der Waals surface area contributed by atoms with Crippen molar-refractivity contribution in [2.24, 2.45) is 41.0 Å². The fraction of sp³-hybridized carbons (Fsp3) is 0.481. The molecule has 5 aromatic rings. The molecule has 3 spiro atoms. The number of nitrogens with one attached hydrogen (secondary N) is 1. The van der Waals surface area contributed by atoms with Gasteiger partial charge in [0.15, 0.2) is 17.3 Å². The molecule has 0 saturated heterocycles. The summed E-state index contributed by atoms with van der Waals surface area (Å²) in [6, 6.07) is 8.68. The Bertz CT molecular complexity index is 3070. The molecule has 3 N–H and O–H groups in total. The second-order valence-corrected chi connectivity index (χ2v) is 21.0. The van der Waals surface area contributed by atoms with E-state index in [1.807, 2.05) is 38.6 Å². The average Bonchev–Trinajstić information content (AvgIpc) is 4.12. The molecule has 2 heterocycles. The third-order valence-corrected chi connectivity index (χ3v) is 17.9. The van der Waals surface area contributed by atoms with Crippen LogP contribution in [-0.4, -0.2) is 47.8 Å². The molecule has 10 nitrogen and oxygen atoms in total. The van der Waals surface area contributed by atoms with Gasteiger partial charge in [0.05, 0.1) is 5.52 Å². The van der Waals surface area contributed by atoms with Crippen molar-refractivity contribution in [1.29, 1.82) is 0 Å². The first-order chi connectivity index (χ1) is 29.7. The van der Waals surface area contributed by atoms with Crippen LogP contribution in [0, 0.1) is 54.8 Å². The van der Waals surface area contributed by atoms with Crippen LogP contribution >= 0.6 is 0 Å². The molecule has 3 aromatic carbocycles. The maximum absolute atomic E-state index is 12.6. The zero-order chi connectivity index (χ0) is 42.9. The molecule has 14 rings (SSSR count).